The summed E-state index contributed by atoms with van der Waals surface area (Å²) in [6.07, 6.45) is -4.94. The summed E-state index contributed by atoms with van der Waals surface area (Å²) >= 11 is 0.531. The van der Waals surface area contributed by atoms with Crippen LogP contribution in [0.2, 0.25) is 0 Å². The Kier molecular flexibility index (Phi) is 6.27. The van der Waals surface area contributed by atoms with Crippen molar-refractivity contribution in [2.75, 3.05) is 10.6 Å². The smallest absolute Gasteiger partial charge is 0.325 e. The molecule has 4 nitrogen and oxygen atoms in total. The molecule has 0 aromatic heterocycles. The van der Waals surface area contributed by atoms with Crippen molar-refractivity contribution in [1.29, 1.82) is 0 Å². The summed E-state index contributed by atoms with van der Waals surface area (Å²) in [5.74, 6) is -1.37. The van der Waals surface area contributed by atoms with Gasteiger partial charge in [0.2, 0.25) is 11.8 Å². The largest absolute Gasteiger partial charge is 0.446 e. The highest BCUT2D eigenvalue weighted by atomic mass is 32.2. The van der Waals surface area contributed by atoms with E-state index in [4.69, 9.17) is 0 Å². The van der Waals surface area contributed by atoms with Crippen LogP contribution in [0.1, 0.15) is 12.0 Å². The first-order valence-corrected chi connectivity index (χ1v) is 9.95. The number of alkyl halides is 6. The molecule has 0 fully saturated rings. The molecule has 0 spiro atoms. The van der Waals surface area contributed by atoms with Crippen LogP contribution in [-0.2, 0) is 15.8 Å². The molecule has 0 unspecified atom stereocenters. The minimum absolute atomic E-state index is 0.0107. The topological polar surface area (TPSA) is 58.2 Å². The summed E-state index contributed by atoms with van der Waals surface area (Å²) < 4.78 is 76.4. The third-order valence-corrected chi connectivity index (χ3v) is 5.97. The van der Waals surface area contributed by atoms with Crippen molar-refractivity contribution in [3.05, 3.63) is 48.0 Å². The Labute approximate surface area is 174 Å². The van der Waals surface area contributed by atoms with E-state index in [1.165, 1.54) is 30.3 Å². The van der Waals surface area contributed by atoms with Gasteiger partial charge >= 0.3 is 11.7 Å². The van der Waals surface area contributed by atoms with Gasteiger partial charge in [0, 0.05) is 16.2 Å². The number of nitrogens with one attached hydrogen (secondary N) is 2. The number of halogens is 6. The maximum absolute atomic E-state index is 12.8. The molecule has 30 heavy (non-hydrogen) atoms. The van der Waals surface area contributed by atoms with Gasteiger partial charge in [0.15, 0.2) is 0 Å². The van der Waals surface area contributed by atoms with Crippen LogP contribution < -0.4 is 10.6 Å². The predicted molar refractivity (Wildman–Crippen MR) is 101 cm³/mol. The second-order valence-electron chi connectivity index (χ2n) is 6.10. The van der Waals surface area contributed by atoms with Crippen LogP contribution in [0.25, 0.3) is 0 Å². The van der Waals surface area contributed by atoms with Crippen LogP contribution in [0, 0.1) is 0 Å². The number of fused-ring (bicyclic) bond motifs is 1. The Morgan fingerprint density at radius 1 is 1.10 bits per heavy atom. The predicted octanol–water partition coefficient (Wildman–Crippen LogP) is 5.76. The van der Waals surface area contributed by atoms with Gasteiger partial charge in [-0.15, -0.1) is 11.8 Å². The van der Waals surface area contributed by atoms with Crippen molar-refractivity contribution >= 4 is 46.7 Å². The maximum atomic E-state index is 12.8. The minimum Gasteiger partial charge on any atom is -0.325 e. The molecule has 2 N–H and O–H groups in total. The molecule has 1 aliphatic heterocycles. The standard InChI is InChI=1S/C18H12F6N2O2S2/c19-17(20,21)9-5-6-12-11(7-9)26-16(28)14(29-12)8-15(27)25-10-3-1-2-4-13(10)30-18(22,23)24/h1-7,14H,8H2,(H,25,27)(H,26,28)/t14-/m1/s1. The molecular weight excluding hydrogens is 454 g/mol. The molecule has 2 aromatic carbocycles. The SMILES string of the molecule is O=C(C[C@H]1Sc2ccc(C(F)(F)F)cc2NC1=O)Nc1ccccc1SC(F)(F)F. The molecule has 1 heterocycles. The quantitative estimate of drug-likeness (QED) is 0.445. The van der Waals surface area contributed by atoms with Crippen molar-refractivity contribution in [1.82, 2.24) is 0 Å². The third kappa shape index (κ3) is 5.63. The van der Waals surface area contributed by atoms with Gasteiger partial charge in [0.05, 0.1) is 22.2 Å². The lowest BCUT2D eigenvalue weighted by molar-refractivity contribution is -0.137. The second kappa shape index (κ2) is 8.42. The van der Waals surface area contributed by atoms with Crippen LogP contribution in [0.4, 0.5) is 37.7 Å². The maximum Gasteiger partial charge on any atom is 0.446 e. The Morgan fingerprint density at radius 3 is 2.47 bits per heavy atom. The molecule has 0 aliphatic carbocycles. The Bertz CT molecular complexity index is 978. The fraction of sp³-hybridized carbons (Fsp3) is 0.222. The molecule has 2 aromatic rings. The number of carbonyl (C=O) groups is 2. The van der Waals surface area contributed by atoms with Gasteiger partial charge in [-0.2, -0.15) is 26.3 Å². The van der Waals surface area contributed by atoms with Crippen LogP contribution in [0.3, 0.4) is 0 Å². The average Bonchev–Trinajstić information content (AvgIpc) is 2.61. The Balaban J connectivity index is 1.69. The summed E-state index contributed by atoms with van der Waals surface area (Å²) in [6, 6.07) is 8.21. The van der Waals surface area contributed by atoms with Crippen molar-refractivity contribution in [3.8, 4) is 0 Å². The number of benzene rings is 2. The first kappa shape index (κ1) is 22.3. The Morgan fingerprint density at radius 2 is 1.80 bits per heavy atom. The lowest BCUT2D eigenvalue weighted by Gasteiger charge is -2.24. The highest BCUT2D eigenvalue weighted by molar-refractivity contribution is 8.01. The lowest BCUT2D eigenvalue weighted by Crippen LogP contribution is -2.32. The molecule has 12 heteroatoms. The van der Waals surface area contributed by atoms with E-state index in [2.05, 4.69) is 10.6 Å². The highest BCUT2D eigenvalue weighted by Crippen LogP contribution is 2.42. The number of thioether (sulfide) groups is 2. The van der Waals surface area contributed by atoms with Gasteiger partial charge < -0.3 is 10.6 Å². The zero-order valence-electron chi connectivity index (χ0n) is 14.7. The van der Waals surface area contributed by atoms with Crippen LogP contribution in [0.5, 0.6) is 0 Å². The summed E-state index contributed by atoms with van der Waals surface area (Å²) in [4.78, 5) is 24.7. The summed E-state index contributed by atoms with van der Waals surface area (Å²) in [6.45, 7) is 0. The minimum atomic E-state index is -4.57. The molecular formula is C18H12F6N2O2S2. The number of hydrogen-bond donors (Lipinski definition) is 2. The van der Waals surface area contributed by atoms with Gasteiger partial charge in [-0.3, -0.25) is 9.59 Å². The van der Waals surface area contributed by atoms with E-state index in [-0.39, 0.29) is 34.5 Å². The number of rotatable bonds is 4. The number of carbonyl (C=O) groups excluding carboxylic acids is 2. The molecule has 0 saturated heterocycles. The molecule has 160 valence electrons. The molecule has 1 aliphatic rings. The van der Waals surface area contributed by atoms with Crippen LogP contribution in [0.15, 0.2) is 52.3 Å². The molecule has 3 rings (SSSR count). The zero-order chi connectivity index (χ0) is 22.1. The number of amides is 2. The van der Waals surface area contributed by atoms with Gasteiger partial charge in [-0.25, -0.2) is 0 Å². The Hall–Kier alpha value is -2.34. The first-order valence-electron chi connectivity index (χ1n) is 8.26. The van der Waals surface area contributed by atoms with E-state index in [0.29, 0.717) is 4.90 Å². The van der Waals surface area contributed by atoms with Crippen molar-refractivity contribution < 1.29 is 35.9 Å². The van der Waals surface area contributed by atoms with Gasteiger partial charge in [-0.05, 0) is 42.1 Å². The van der Waals surface area contributed by atoms with Gasteiger partial charge in [0.25, 0.3) is 0 Å². The second-order valence-corrected chi connectivity index (χ2v) is 8.45. The highest BCUT2D eigenvalue weighted by Gasteiger charge is 2.35. The number of para-hydroxylation sites is 1. The molecule has 0 saturated carbocycles. The number of anilines is 2. The summed E-state index contributed by atoms with van der Waals surface area (Å²) in [5.41, 5.74) is -5.53. The fourth-order valence-corrected chi connectivity index (χ4v) is 4.33. The molecule has 2 amide bonds. The van der Waals surface area contributed by atoms with E-state index < -0.39 is 34.3 Å². The average molecular weight is 466 g/mol. The zero-order valence-corrected chi connectivity index (χ0v) is 16.4. The van der Waals surface area contributed by atoms with E-state index in [1.807, 2.05) is 0 Å². The van der Waals surface area contributed by atoms with E-state index in [9.17, 15) is 35.9 Å². The van der Waals surface area contributed by atoms with Gasteiger partial charge in [0.1, 0.15) is 0 Å². The van der Waals surface area contributed by atoms with E-state index >= 15 is 0 Å². The first-order chi connectivity index (χ1) is 13.9. The molecule has 0 radical (unpaired) electrons. The lowest BCUT2D eigenvalue weighted by atomic mass is 10.1. The monoisotopic (exact) mass is 466 g/mol. The van der Waals surface area contributed by atoms with Crippen molar-refractivity contribution in [2.24, 2.45) is 0 Å². The third-order valence-electron chi connectivity index (χ3n) is 3.88. The normalized spacial score (nSPS) is 16.6. The summed E-state index contributed by atoms with van der Waals surface area (Å²) in [7, 11) is 0. The number of hydrogen-bond acceptors (Lipinski definition) is 4. The van der Waals surface area contributed by atoms with E-state index in [0.717, 1.165) is 23.9 Å². The van der Waals surface area contributed by atoms with E-state index in [1.54, 1.807) is 0 Å². The van der Waals surface area contributed by atoms with Gasteiger partial charge in [-0.1, -0.05) is 12.1 Å². The van der Waals surface area contributed by atoms with Crippen molar-refractivity contribution in [2.45, 2.75) is 33.1 Å². The van der Waals surface area contributed by atoms with Crippen LogP contribution in [-0.4, -0.2) is 22.6 Å². The van der Waals surface area contributed by atoms with Crippen LogP contribution >= 0.6 is 23.5 Å². The fourth-order valence-electron chi connectivity index (χ4n) is 2.61. The van der Waals surface area contributed by atoms with Crippen molar-refractivity contribution in [3.63, 3.8) is 0 Å². The molecule has 0 bridgehead atoms. The summed E-state index contributed by atoms with van der Waals surface area (Å²) in [5, 5.41) is 3.75. The molecule has 1 atom stereocenters.